The van der Waals surface area contributed by atoms with Crippen molar-refractivity contribution in [3.05, 3.63) is 35.9 Å². The maximum Gasteiger partial charge on any atom is 0.139 e. The molecule has 0 amide bonds. The molecule has 1 fully saturated rings. The van der Waals surface area contributed by atoms with Crippen molar-refractivity contribution in [2.45, 2.75) is 38.5 Å². The minimum atomic E-state index is 0.105. The van der Waals surface area contributed by atoms with Gasteiger partial charge in [-0.2, -0.15) is 0 Å². The number of rotatable bonds is 7. The first-order chi connectivity index (χ1) is 9.47. The molecule has 0 saturated heterocycles. The lowest BCUT2D eigenvalue weighted by Gasteiger charge is -2.27. The third-order valence-electron chi connectivity index (χ3n) is 4.26. The second kappa shape index (κ2) is 5.83. The van der Waals surface area contributed by atoms with Crippen LogP contribution in [0.4, 0.5) is 0 Å². The van der Waals surface area contributed by atoms with Crippen LogP contribution in [-0.4, -0.2) is 24.1 Å². The van der Waals surface area contributed by atoms with Crippen molar-refractivity contribution < 1.29 is 5.21 Å². The fraction of sp³-hybridized carbons (Fsp3) is 0.562. The maximum atomic E-state index is 8.67. The van der Waals surface area contributed by atoms with Gasteiger partial charge in [-0.15, -0.1) is 0 Å². The molecule has 0 bridgehead atoms. The Kier molecular flexibility index (Phi) is 4.33. The smallest absolute Gasteiger partial charge is 0.139 e. The van der Waals surface area contributed by atoms with Gasteiger partial charge in [0.25, 0.3) is 0 Å². The standard InChI is InChI=1S/C16H25N3O/c1-15(2,13-6-4-3-5-7-13)11-18-12-16(8-9-16)10-14(17)19-20/h3-7,18,20H,8-12H2,1-2H3,(H2,17,19). The highest BCUT2D eigenvalue weighted by Gasteiger charge is 2.43. The molecule has 4 N–H and O–H groups in total. The summed E-state index contributed by atoms with van der Waals surface area (Å²) in [5, 5.41) is 15.3. The zero-order chi connectivity index (χ0) is 14.6. The van der Waals surface area contributed by atoms with Crippen LogP contribution >= 0.6 is 0 Å². The van der Waals surface area contributed by atoms with E-state index in [2.05, 4.69) is 48.6 Å². The molecule has 1 saturated carbocycles. The van der Waals surface area contributed by atoms with Crippen LogP contribution in [-0.2, 0) is 5.41 Å². The quantitative estimate of drug-likeness (QED) is 0.310. The molecule has 0 aliphatic heterocycles. The van der Waals surface area contributed by atoms with E-state index in [0.717, 1.165) is 25.9 Å². The van der Waals surface area contributed by atoms with Gasteiger partial charge in [0.15, 0.2) is 0 Å². The van der Waals surface area contributed by atoms with E-state index in [9.17, 15) is 0 Å². The Morgan fingerprint density at radius 3 is 2.55 bits per heavy atom. The van der Waals surface area contributed by atoms with Crippen molar-refractivity contribution in [3.63, 3.8) is 0 Å². The molecule has 1 aromatic carbocycles. The summed E-state index contributed by atoms with van der Waals surface area (Å²) in [5.74, 6) is 0.339. The highest BCUT2D eigenvalue weighted by Crippen LogP contribution is 2.48. The van der Waals surface area contributed by atoms with Crippen LogP contribution in [0.1, 0.15) is 38.7 Å². The first kappa shape index (κ1) is 14.9. The summed E-state index contributed by atoms with van der Waals surface area (Å²) in [6.45, 7) is 6.35. The Morgan fingerprint density at radius 1 is 1.35 bits per heavy atom. The van der Waals surface area contributed by atoms with Gasteiger partial charge < -0.3 is 16.3 Å². The lowest BCUT2D eigenvalue weighted by atomic mass is 9.84. The molecule has 110 valence electrons. The summed E-state index contributed by atoms with van der Waals surface area (Å²) in [6, 6.07) is 10.6. The number of hydrogen-bond acceptors (Lipinski definition) is 3. The van der Waals surface area contributed by atoms with Gasteiger partial charge in [0.2, 0.25) is 0 Å². The summed E-state index contributed by atoms with van der Waals surface area (Å²) in [4.78, 5) is 0. The number of nitrogens with one attached hydrogen (secondary N) is 1. The summed E-state index contributed by atoms with van der Waals surface area (Å²) in [7, 11) is 0. The van der Waals surface area contributed by atoms with E-state index in [0.29, 0.717) is 12.3 Å². The Morgan fingerprint density at radius 2 is 2.00 bits per heavy atom. The van der Waals surface area contributed by atoms with Crippen molar-refractivity contribution >= 4 is 5.84 Å². The number of nitrogens with zero attached hydrogens (tertiary/aromatic N) is 1. The average molecular weight is 275 g/mol. The van der Waals surface area contributed by atoms with E-state index < -0.39 is 0 Å². The van der Waals surface area contributed by atoms with Crippen molar-refractivity contribution in [1.82, 2.24) is 5.32 Å². The molecule has 4 heteroatoms. The fourth-order valence-corrected chi connectivity index (χ4v) is 2.64. The number of oxime groups is 1. The molecule has 0 radical (unpaired) electrons. The SMILES string of the molecule is CC(C)(CNCC1(CC(N)=NO)CC1)c1ccccc1. The molecule has 0 heterocycles. The largest absolute Gasteiger partial charge is 0.409 e. The number of nitrogens with two attached hydrogens (primary N) is 1. The van der Waals surface area contributed by atoms with Gasteiger partial charge in [0.1, 0.15) is 5.84 Å². The van der Waals surface area contributed by atoms with Crippen molar-refractivity contribution in [1.29, 1.82) is 0 Å². The van der Waals surface area contributed by atoms with Gasteiger partial charge >= 0.3 is 0 Å². The normalized spacial score (nSPS) is 18.0. The molecular weight excluding hydrogens is 250 g/mol. The molecule has 0 aromatic heterocycles. The van der Waals surface area contributed by atoms with Gasteiger partial charge in [-0.05, 0) is 23.8 Å². The number of benzene rings is 1. The van der Waals surface area contributed by atoms with Crippen LogP contribution in [0, 0.1) is 5.41 Å². The fourth-order valence-electron chi connectivity index (χ4n) is 2.64. The second-order valence-corrected chi connectivity index (χ2v) is 6.62. The zero-order valence-corrected chi connectivity index (χ0v) is 12.4. The van der Waals surface area contributed by atoms with Gasteiger partial charge in [0.05, 0.1) is 0 Å². The topological polar surface area (TPSA) is 70.6 Å². The Hall–Kier alpha value is -1.55. The first-order valence-corrected chi connectivity index (χ1v) is 7.20. The summed E-state index contributed by atoms with van der Waals surface area (Å²) < 4.78 is 0. The van der Waals surface area contributed by atoms with Gasteiger partial charge in [-0.25, -0.2) is 0 Å². The molecule has 2 rings (SSSR count). The molecule has 1 aromatic rings. The third-order valence-corrected chi connectivity index (χ3v) is 4.26. The van der Waals surface area contributed by atoms with E-state index >= 15 is 0 Å². The highest BCUT2D eigenvalue weighted by atomic mass is 16.4. The van der Waals surface area contributed by atoms with E-state index in [1.54, 1.807) is 0 Å². The lowest BCUT2D eigenvalue weighted by molar-refractivity contribution is 0.313. The molecule has 0 spiro atoms. The van der Waals surface area contributed by atoms with Crippen molar-refractivity contribution in [3.8, 4) is 0 Å². The summed E-state index contributed by atoms with van der Waals surface area (Å²) in [5.41, 5.74) is 7.28. The van der Waals surface area contributed by atoms with E-state index in [-0.39, 0.29) is 10.8 Å². The average Bonchev–Trinajstić information content (AvgIpc) is 3.19. The Balaban J connectivity index is 1.84. The third kappa shape index (κ3) is 3.73. The zero-order valence-electron chi connectivity index (χ0n) is 12.4. The Labute approximate surface area is 121 Å². The van der Waals surface area contributed by atoms with Gasteiger partial charge in [-0.3, -0.25) is 0 Å². The monoisotopic (exact) mass is 275 g/mol. The predicted molar refractivity (Wildman–Crippen MR) is 82.0 cm³/mol. The van der Waals surface area contributed by atoms with Crippen molar-refractivity contribution in [2.75, 3.05) is 13.1 Å². The van der Waals surface area contributed by atoms with Crippen LogP contribution < -0.4 is 11.1 Å². The van der Waals surface area contributed by atoms with E-state index in [4.69, 9.17) is 10.9 Å². The molecule has 1 aliphatic rings. The predicted octanol–water partition coefficient (Wildman–Crippen LogP) is 2.47. The number of amidine groups is 1. The number of hydrogen-bond donors (Lipinski definition) is 3. The van der Waals surface area contributed by atoms with E-state index in [1.165, 1.54) is 5.56 Å². The summed E-state index contributed by atoms with van der Waals surface area (Å²) >= 11 is 0. The van der Waals surface area contributed by atoms with Gasteiger partial charge in [0, 0.05) is 24.9 Å². The van der Waals surface area contributed by atoms with Gasteiger partial charge in [-0.1, -0.05) is 49.3 Å². The first-order valence-electron chi connectivity index (χ1n) is 7.20. The highest BCUT2D eigenvalue weighted by molar-refractivity contribution is 5.80. The second-order valence-electron chi connectivity index (χ2n) is 6.62. The molecule has 1 aliphatic carbocycles. The van der Waals surface area contributed by atoms with Crippen LogP contribution in [0.25, 0.3) is 0 Å². The Bertz CT molecular complexity index is 464. The van der Waals surface area contributed by atoms with Crippen LogP contribution in [0.15, 0.2) is 35.5 Å². The molecule has 0 unspecified atom stereocenters. The molecule has 0 atom stereocenters. The van der Waals surface area contributed by atoms with Crippen LogP contribution in [0.2, 0.25) is 0 Å². The molecular formula is C16H25N3O. The minimum absolute atomic E-state index is 0.105. The maximum absolute atomic E-state index is 8.67. The molecule has 20 heavy (non-hydrogen) atoms. The minimum Gasteiger partial charge on any atom is -0.409 e. The summed E-state index contributed by atoms with van der Waals surface area (Å²) in [6.07, 6.45) is 2.99. The lowest BCUT2D eigenvalue weighted by Crippen LogP contribution is -2.37. The van der Waals surface area contributed by atoms with Crippen LogP contribution in [0.5, 0.6) is 0 Å². The van der Waals surface area contributed by atoms with E-state index in [1.807, 2.05) is 6.07 Å². The van der Waals surface area contributed by atoms with Crippen LogP contribution in [0.3, 0.4) is 0 Å². The van der Waals surface area contributed by atoms with Crippen molar-refractivity contribution in [2.24, 2.45) is 16.3 Å². The molecule has 4 nitrogen and oxygen atoms in total.